The quantitative estimate of drug-likeness (QED) is 0.535. The first-order chi connectivity index (χ1) is 15.8. The van der Waals surface area contributed by atoms with Gasteiger partial charge in [-0.25, -0.2) is 4.98 Å². The molecular formula is C26H38N6. The van der Waals surface area contributed by atoms with E-state index in [2.05, 4.69) is 66.8 Å². The molecule has 0 amide bonds. The summed E-state index contributed by atoms with van der Waals surface area (Å²) in [6.07, 6.45) is 9.46. The Morgan fingerprint density at radius 3 is 2.34 bits per heavy atom. The predicted octanol–water partition coefficient (Wildman–Crippen LogP) is 3.79. The monoisotopic (exact) mass is 434 g/mol. The molecular weight excluding hydrogens is 396 g/mol. The van der Waals surface area contributed by atoms with Crippen LogP contribution in [0.2, 0.25) is 0 Å². The Hall–Kier alpha value is -2.60. The molecule has 2 N–H and O–H groups in total. The Kier molecular flexibility index (Phi) is 8.37. The zero-order valence-corrected chi connectivity index (χ0v) is 19.5. The van der Waals surface area contributed by atoms with Crippen LogP contribution in [-0.4, -0.2) is 55.1 Å². The number of guanidine groups is 1. The Bertz CT molecular complexity index is 836. The first-order valence-electron chi connectivity index (χ1n) is 12.2. The highest BCUT2D eigenvalue weighted by Crippen LogP contribution is 2.18. The van der Waals surface area contributed by atoms with Gasteiger partial charge in [0.1, 0.15) is 5.82 Å². The Morgan fingerprint density at radius 2 is 1.66 bits per heavy atom. The zero-order valence-electron chi connectivity index (χ0n) is 19.5. The largest absolute Gasteiger partial charge is 0.356 e. The van der Waals surface area contributed by atoms with Gasteiger partial charge in [-0.05, 0) is 62.0 Å². The molecule has 2 aliphatic heterocycles. The average molecular weight is 435 g/mol. The molecule has 0 unspecified atom stereocenters. The zero-order chi connectivity index (χ0) is 22.0. The van der Waals surface area contributed by atoms with E-state index in [-0.39, 0.29) is 0 Å². The number of aromatic nitrogens is 1. The second kappa shape index (κ2) is 11.9. The van der Waals surface area contributed by atoms with Crippen molar-refractivity contribution in [3.8, 4) is 0 Å². The number of likely N-dealkylation sites (tertiary alicyclic amines) is 1. The lowest BCUT2D eigenvalue weighted by molar-refractivity contribution is 0.276. The van der Waals surface area contributed by atoms with Crippen molar-refractivity contribution in [2.24, 2.45) is 4.99 Å². The van der Waals surface area contributed by atoms with E-state index < -0.39 is 0 Å². The molecule has 2 saturated heterocycles. The standard InChI is InChI=1S/C26H38N6/c1-27-26(30-24-13-18-32(19-14-24)25-12-6-7-15-28-25)29-20-22-10-4-5-11-23(22)21-31-16-8-2-3-9-17-31/h4-7,10-12,15,24H,2-3,8-9,13-14,16-21H2,1H3,(H2,27,29,30). The number of anilines is 1. The molecule has 2 aromatic rings. The van der Waals surface area contributed by atoms with Crippen molar-refractivity contribution in [1.29, 1.82) is 0 Å². The predicted molar refractivity (Wildman–Crippen MR) is 133 cm³/mol. The van der Waals surface area contributed by atoms with E-state index >= 15 is 0 Å². The summed E-state index contributed by atoms with van der Waals surface area (Å²) in [6, 6.07) is 15.4. The van der Waals surface area contributed by atoms with Gasteiger partial charge in [0.05, 0.1) is 0 Å². The SMILES string of the molecule is CN=C(NCc1ccccc1CN1CCCCCC1)NC1CCN(c2ccccn2)CC1. The fraction of sp³-hybridized carbons (Fsp3) is 0.538. The number of pyridine rings is 1. The molecule has 6 nitrogen and oxygen atoms in total. The van der Waals surface area contributed by atoms with E-state index in [0.717, 1.165) is 50.8 Å². The summed E-state index contributed by atoms with van der Waals surface area (Å²) in [5, 5.41) is 7.20. The molecule has 32 heavy (non-hydrogen) atoms. The van der Waals surface area contributed by atoms with E-state index in [1.807, 2.05) is 19.3 Å². The molecule has 0 aliphatic carbocycles. The maximum Gasteiger partial charge on any atom is 0.191 e. The minimum atomic E-state index is 0.438. The minimum absolute atomic E-state index is 0.438. The molecule has 2 aliphatic rings. The van der Waals surface area contributed by atoms with Crippen LogP contribution in [0, 0.1) is 0 Å². The lowest BCUT2D eigenvalue weighted by atomic mass is 10.1. The molecule has 6 heteroatoms. The van der Waals surface area contributed by atoms with Gasteiger partial charge in [0.15, 0.2) is 5.96 Å². The van der Waals surface area contributed by atoms with Crippen LogP contribution in [0.3, 0.4) is 0 Å². The maximum absolute atomic E-state index is 4.49. The molecule has 0 radical (unpaired) electrons. The topological polar surface area (TPSA) is 55.8 Å². The van der Waals surface area contributed by atoms with Gasteiger partial charge in [-0.2, -0.15) is 0 Å². The van der Waals surface area contributed by atoms with Crippen LogP contribution in [-0.2, 0) is 13.1 Å². The van der Waals surface area contributed by atoms with Gasteiger partial charge in [0.25, 0.3) is 0 Å². The van der Waals surface area contributed by atoms with Crippen LogP contribution in [0.25, 0.3) is 0 Å². The van der Waals surface area contributed by atoms with Gasteiger partial charge >= 0.3 is 0 Å². The summed E-state index contributed by atoms with van der Waals surface area (Å²) in [5.41, 5.74) is 2.80. The van der Waals surface area contributed by atoms with Crippen molar-refractivity contribution in [1.82, 2.24) is 20.5 Å². The van der Waals surface area contributed by atoms with Crippen LogP contribution < -0.4 is 15.5 Å². The van der Waals surface area contributed by atoms with Crippen molar-refractivity contribution in [3.63, 3.8) is 0 Å². The molecule has 0 spiro atoms. The van der Waals surface area contributed by atoms with E-state index in [1.54, 1.807) is 0 Å². The number of hydrogen-bond donors (Lipinski definition) is 2. The third-order valence-electron chi connectivity index (χ3n) is 6.69. The van der Waals surface area contributed by atoms with Crippen LogP contribution in [0.15, 0.2) is 53.7 Å². The molecule has 2 fully saturated rings. The normalized spacial score (nSPS) is 18.9. The van der Waals surface area contributed by atoms with E-state index in [9.17, 15) is 0 Å². The number of rotatable bonds is 6. The number of aliphatic imine (C=N–C) groups is 1. The van der Waals surface area contributed by atoms with Crippen molar-refractivity contribution in [2.45, 2.75) is 57.7 Å². The summed E-state index contributed by atoms with van der Waals surface area (Å²) in [4.78, 5) is 14.0. The Morgan fingerprint density at radius 1 is 0.938 bits per heavy atom. The number of hydrogen-bond acceptors (Lipinski definition) is 4. The van der Waals surface area contributed by atoms with E-state index in [0.29, 0.717) is 6.04 Å². The van der Waals surface area contributed by atoms with Gasteiger partial charge in [0.2, 0.25) is 0 Å². The summed E-state index contributed by atoms with van der Waals surface area (Å²) >= 11 is 0. The molecule has 0 saturated carbocycles. The molecule has 172 valence electrons. The van der Waals surface area contributed by atoms with Gasteiger partial charge in [-0.1, -0.05) is 43.2 Å². The van der Waals surface area contributed by atoms with Crippen molar-refractivity contribution < 1.29 is 0 Å². The van der Waals surface area contributed by atoms with E-state index in [4.69, 9.17) is 0 Å². The highest BCUT2D eigenvalue weighted by atomic mass is 15.2. The highest BCUT2D eigenvalue weighted by Gasteiger charge is 2.21. The van der Waals surface area contributed by atoms with Gasteiger partial charge in [-0.3, -0.25) is 9.89 Å². The fourth-order valence-electron chi connectivity index (χ4n) is 4.78. The average Bonchev–Trinajstić information content (AvgIpc) is 3.12. The van der Waals surface area contributed by atoms with Crippen LogP contribution in [0.4, 0.5) is 5.82 Å². The molecule has 1 aromatic heterocycles. The van der Waals surface area contributed by atoms with Crippen LogP contribution in [0.5, 0.6) is 0 Å². The first kappa shape index (κ1) is 22.6. The second-order valence-electron chi connectivity index (χ2n) is 8.98. The molecule has 0 bridgehead atoms. The molecule has 0 atom stereocenters. The van der Waals surface area contributed by atoms with Gasteiger partial charge in [0, 0.05) is 45.5 Å². The third-order valence-corrected chi connectivity index (χ3v) is 6.69. The van der Waals surface area contributed by atoms with Gasteiger partial charge in [-0.15, -0.1) is 0 Å². The highest BCUT2D eigenvalue weighted by molar-refractivity contribution is 5.80. The van der Waals surface area contributed by atoms with E-state index in [1.165, 1.54) is 49.9 Å². The Labute approximate surface area is 193 Å². The fourth-order valence-corrected chi connectivity index (χ4v) is 4.78. The Balaban J connectivity index is 1.27. The van der Waals surface area contributed by atoms with Crippen molar-refractivity contribution in [3.05, 3.63) is 59.8 Å². The van der Waals surface area contributed by atoms with Crippen molar-refractivity contribution in [2.75, 3.05) is 38.1 Å². The molecule has 4 rings (SSSR count). The lowest BCUT2D eigenvalue weighted by Crippen LogP contribution is -2.48. The second-order valence-corrected chi connectivity index (χ2v) is 8.98. The number of piperidine rings is 1. The summed E-state index contributed by atoms with van der Waals surface area (Å²) in [5.74, 6) is 1.97. The van der Waals surface area contributed by atoms with Crippen LogP contribution in [0.1, 0.15) is 49.7 Å². The summed E-state index contributed by atoms with van der Waals surface area (Å²) < 4.78 is 0. The van der Waals surface area contributed by atoms with Gasteiger partial charge < -0.3 is 15.5 Å². The first-order valence-corrected chi connectivity index (χ1v) is 12.2. The number of nitrogens with one attached hydrogen (secondary N) is 2. The van der Waals surface area contributed by atoms with Crippen LogP contribution >= 0.6 is 0 Å². The summed E-state index contributed by atoms with van der Waals surface area (Å²) in [6.45, 7) is 6.34. The third kappa shape index (κ3) is 6.45. The number of benzene rings is 1. The maximum atomic E-state index is 4.49. The van der Waals surface area contributed by atoms with Crippen molar-refractivity contribution >= 4 is 11.8 Å². The number of nitrogens with zero attached hydrogens (tertiary/aromatic N) is 4. The smallest absolute Gasteiger partial charge is 0.191 e. The minimum Gasteiger partial charge on any atom is -0.356 e. The molecule has 1 aromatic carbocycles. The lowest BCUT2D eigenvalue weighted by Gasteiger charge is -2.33. The summed E-state index contributed by atoms with van der Waals surface area (Å²) in [7, 11) is 1.86. The molecule has 3 heterocycles.